The number of carbonyl (C=O) groups excluding carboxylic acids is 1. The van der Waals surface area contributed by atoms with Crippen molar-refractivity contribution in [3.8, 4) is 0 Å². The number of carbonyl (C=O) groups is 1. The summed E-state index contributed by atoms with van der Waals surface area (Å²) in [5.41, 5.74) is 1.49. The summed E-state index contributed by atoms with van der Waals surface area (Å²) in [6.07, 6.45) is 3.94. The molecule has 0 radical (unpaired) electrons. The van der Waals surface area contributed by atoms with Crippen molar-refractivity contribution in [3.05, 3.63) is 54.0 Å². The predicted octanol–water partition coefficient (Wildman–Crippen LogP) is 1.94. The van der Waals surface area contributed by atoms with Gasteiger partial charge in [0.05, 0.1) is 19.5 Å². The van der Waals surface area contributed by atoms with E-state index in [4.69, 9.17) is 0 Å². The van der Waals surface area contributed by atoms with E-state index in [0.717, 1.165) is 18.8 Å². The minimum atomic E-state index is -0.476. The van der Waals surface area contributed by atoms with Crippen LogP contribution in [0.1, 0.15) is 16.1 Å². The van der Waals surface area contributed by atoms with Crippen LogP contribution in [0.25, 0.3) is 0 Å². The topological polar surface area (TPSA) is 55.3 Å². The molecular formula is C15H17N3O2. The summed E-state index contributed by atoms with van der Waals surface area (Å²) >= 11 is 0. The molecular weight excluding hydrogens is 254 g/mol. The molecule has 0 spiro atoms. The number of hydrogen-bond donors (Lipinski definition) is 0. The Bertz CT molecular complexity index is 555. The first-order valence-corrected chi connectivity index (χ1v) is 6.36. The van der Waals surface area contributed by atoms with Crippen molar-refractivity contribution in [3.63, 3.8) is 0 Å². The molecule has 0 bridgehead atoms. The molecule has 0 N–H and O–H groups in total. The Hall–Kier alpha value is -2.43. The number of aromatic nitrogens is 2. The summed E-state index contributed by atoms with van der Waals surface area (Å²) < 4.78 is 4.59. The molecule has 0 aliphatic rings. The highest BCUT2D eigenvalue weighted by molar-refractivity contribution is 5.86. The molecule has 0 saturated carbocycles. The van der Waals surface area contributed by atoms with Crippen LogP contribution in [0, 0.1) is 0 Å². The maximum Gasteiger partial charge on any atom is 0.358 e. The highest BCUT2D eigenvalue weighted by Crippen LogP contribution is 2.09. The highest BCUT2D eigenvalue weighted by Gasteiger charge is 2.09. The zero-order valence-electron chi connectivity index (χ0n) is 11.6. The molecule has 5 nitrogen and oxygen atoms in total. The average molecular weight is 271 g/mol. The van der Waals surface area contributed by atoms with Crippen LogP contribution in [-0.2, 0) is 11.2 Å². The van der Waals surface area contributed by atoms with E-state index in [-0.39, 0.29) is 5.69 Å². The van der Waals surface area contributed by atoms with Crippen LogP contribution in [0.4, 0.5) is 5.82 Å². The third kappa shape index (κ3) is 3.54. The molecule has 1 heterocycles. The van der Waals surface area contributed by atoms with Gasteiger partial charge in [0, 0.05) is 13.6 Å². The van der Waals surface area contributed by atoms with E-state index >= 15 is 0 Å². The summed E-state index contributed by atoms with van der Waals surface area (Å²) in [7, 11) is 3.27. The van der Waals surface area contributed by atoms with E-state index in [0.29, 0.717) is 0 Å². The first-order valence-electron chi connectivity index (χ1n) is 6.36. The Labute approximate surface area is 118 Å². The third-order valence-electron chi connectivity index (χ3n) is 3.00. The Kier molecular flexibility index (Phi) is 4.65. The summed E-state index contributed by atoms with van der Waals surface area (Å²) in [5, 5.41) is 0. The summed E-state index contributed by atoms with van der Waals surface area (Å²) in [6.45, 7) is 0.830. The molecule has 2 aromatic rings. The van der Waals surface area contributed by atoms with Crippen LogP contribution >= 0.6 is 0 Å². The van der Waals surface area contributed by atoms with Crippen molar-refractivity contribution in [2.24, 2.45) is 0 Å². The number of hydrogen-bond acceptors (Lipinski definition) is 5. The Morgan fingerprint density at radius 2 is 1.95 bits per heavy atom. The number of benzene rings is 1. The van der Waals surface area contributed by atoms with Gasteiger partial charge in [0.25, 0.3) is 0 Å². The van der Waals surface area contributed by atoms with E-state index < -0.39 is 5.97 Å². The molecule has 0 aliphatic heterocycles. The van der Waals surface area contributed by atoms with Gasteiger partial charge in [0.2, 0.25) is 0 Å². The first kappa shape index (κ1) is 14.0. The zero-order valence-corrected chi connectivity index (χ0v) is 11.6. The number of esters is 1. The van der Waals surface area contributed by atoms with Crippen LogP contribution in [-0.4, -0.2) is 36.6 Å². The molecule has 0 unspecified atom stereocenters. The monoisotopic (exact) mass is 271 g/mol. The van der Waals surface area contributed by atoms with Gasteiger partial charge in [0.15, 0.2) is 5.69 Å². The van der Waals surface area contributed by atoms with Crippen LogP contribution in [0.5, 0.6) is 0 Å². The fourth-order valence-electron chi connectivity index (χ4n) is 1.78. The van der Waals surface area contributed by atoms with Crippen LogP contribution in [0.3, 0.4) is 0 Å². The van der Waals surface area contributed by atoms with E-state index in [1.54, 1.807) is 6.20 Å². The van der Waals surface area contributed by atoms with E-state index in [2.05, 4.69) is 26.8 Å². The molecule has 5 heteroatoms. The maximum absolute atomic E-state index is 11.3. The summed E-state index contributed by atoms with van der Waals surface area (Å²) in [4.78, 5) is 21.5. The van der Waals surface area contributed by atoms with Crippen LogP contribution in [0.2, 0.25) is 0 Å². The smallest absolute Gasteiger partial charge is 0.358 e. The number of nitrogens with zero attached hydrogens (tertiary/aromatic N) is 3. The van der Waals surface area contributed by atoms with Gasteiger partial charge < -0.3 is 9.64 Å². The molecule has 0 amide bonds. The largest absolute Gasteiger partial charge is 0.464 e. The lowest BCUT2D eigenvalue weighted by atomic mass is 10.1. The van der Waals surface area contributed by atoms with E-state index in [1.165, 1.54) is 18.9 Å². The Morgan fingerprint density at radius 1 is 1.20 bits per heavy atom. The molecule has 0 aliphatic carbocycles. The van der Waals surface area contributed by atoms with Gasteiger partial charge in [-0.2, -0.15) is 0 Å². The van der Waals surface area contributed by atoms with Gasteiger partial charge in [0.1, 0.15) is 5.82 Å². The van der Waals surface area contributed by atoms with Crippen molar-refractivity contribution >= 4 is 11.8 Å². The lowest BCUT2D eigenvalue weighted by Crippen LogP contribution is -2.22. The lowest BCUT2D eigenvalue weighted by molar-refractivity contribution is 0.0593. The van der Waals surface area contributed by atoms with E-state index in [1.807, 2.05) is 30.1 Å². The normalized spacial score (nSPS) is 10.1. The second kappa shape index (κ2) is 6.65. The van der Waals surface area contributed by atoms with Gasteiger partial charge in [-0.15, -0.1) is 0 Å². The Balaban J connectivity index is 1.95. The van der Waals surface area contributed by atoms with Crippen molar-refractivity contribution in [1.82, 2.24) is 9.97 Å². The van der Waals surface area contributed by atoms with Crippen LogP contribution in [0.15, 0.2) is 42.7 Å². The van der Waals surface area contributed by atoms with Gasteiger partial charge in [-0.1, -0.05) is 30.3 Å². The van der Waals surface area contributed by atoms with Crippen molar-refractivity contribution in [2.75, 3.05) is 25.6 Å². The number of likely N-dealkylation sites (N-methyl/N-ethyl adjacent to an activating group) is 1. The van der Waals surface area contributed by atoms with Gasteiger partial charge >= 0.3 is 5.97 Å². The summed E-state index contributed by atoms with van der Waals surface area (Å²) in [5.74, 6) is 0.254. The minimum Gasteiger partial charge on any atom is -0.464 e. The minimum absolute atomic E-state index is 0.215. The first-order chi connectivity index (χ1) is 9.70. The van der Waals surface area contributed by atoms with E-state index in [9.17, 15) is 4.79 Å². The molecule has 0 atom stereocenters. The predicted molar refractivity (Wildman–Crippen MR) is 76.8 cm³/mol. The average Bonchev–Trinajstić information content (AvgIpc) is 2.53. The number of methoxy groups -OCH3 is 1. The molecule has 1 aromatic heterocycles. The van der Waals surface area contributed by atoms with Gasteiger partial charge in [-0.25, -0.2) is 14.8 Å². The van der Waals surface area contributed by atoms with Gasteiger partial charge in [-0.05, 0) is 12.0 Å². The molecule has 0 saturated heterocycles. The van der Waals surface area contributed by atoms with Crippen LogP contribution < -0.4 is 4.90 Å². The fourth-order valence-corrected chi connectivity index (χ4v) is 1.78. The van der Waals surface area contributed by atoms with Crippen molar-refractivity contribution in [2.45, 2.75) is 6.42 Å². The second-order valence-electron chi connectivity index (χ2n) is 4.41. The molecule has 20 heavy (non-hydrogen) atoms. The third-order valence-corrected chi connectivity index (χ3v) is 3.00. The maximum atomic E-state index is 11.3. The lowest BCUT2D eigenvalue weighted by Gasteiger charge is -2.17. The standard InChI is InChI=1S/C15H17N3O2/c1-18(9-8-12-6-4-3-5-7-12)14-11-16-13(10-17-14)15(19)20-2/h3-7,10-11H,8-9H2,1-2H3. The van der Waals surface area contributed by atoms with Crippen molar-refractivity contribution in [1.29, 1.82) is 0 Å². The molecule has 1 aromatic carbocycles. The number of ether oxygens (including phenoxy) is 1. The number of anilines is 1. The second-order valence-corrected chi connectivity index (χ2v) is 4.41. The fraction of sp³-hybridized carbons (Fsp3) is 0.267. The summed E-state index contributed by atoms with van der Waals surface area (Å²) in [6, 6.07) is 10.3. The SMILES string of the molecule is COC(=O)c1cnc(N(C)CCc2ccccc2)cn1. The van der Waals surface area contributed by atoms with Crippen molar-refractivity contribution < 1.29 is 9.53 Å². The Morgan fingerprint density at radius 3 is 2.55 bits per heavy atom. The molecule has 0 fully saturated rings. The zero-order chi connectivity index (χ0) is 14.4. The molecule has 2 rings (SSSR count). The highest BCUT2D eigenvalue weighted by atomic mass is 16.5. The van der Waals surface area contributed by atoms with Gasteiger partial charge in [-0.3, -0.25) is 0 Å². The quantitative estimate of drug-likeness (QED) is 0.778. The number of rotatable bonds is 5. The molecule has 104 valence electrons.